The summed E-state index contributed by atoms with van der Waals surface area (Å²) in [5.41, 5.74) is 1.66. The van der Waals surface area contributed by atoms with Gasteiger partial charge in [0.25, 0.3) is 0 Å². The van der Waals surface area contributed by atoms with E-state index in [2.05, 4.69) is 73.7 Å². The van der Waals surface area contributed by atoms with E-state index in [1.165, 1.54) is 5.57 Å². The van der Waals surface area contributed by atoms with Gasteiger partial charge in [-0.15, -0.1) is 0 Å². The summed E-state index contributed by atoms with van der Waals surface area (Å²) < 4.78 is 13.8. The fourth-order valence-corrected chi connectivity index (χ4v) is 5.74. The number of hydrogen-bond acceptors (Lipinski definition) is 3. The van der Waals surface area contributed by atoms with Crippen LogP contribution in [0.15, 0.2) is 23.3 Å². The van der Waals surface area contributed by atoms with Crippen molar-refractivity contribution in [3.63, 3.8) is 0 Å². The molecule has 2 aliphatic heterocycles. The molecule has 0 spiro atoms. The fourth-order valence-electron chi connectivity index (χ4n) is 4.48. The summed E-state index contributed by atoms with van der Waals surface area (Å²) in [7, 11) is -1.99. The van der Waals surface area contributed by atoms with Gasteiger partial charge in [0, 0.05) is 5.92 Å². The van der Waals surface area contributed by atoms with Crippen LogP contribution in [0.4, 0.5) is 0 Å². The molecule has 3 rings (SSSR count). The topological polar surface area (TPSA) is 38.7 Å². The maximum absolute atomic E-state index is 10.6. The molecule has 1 saturated heterocycles. The van der Waals surface area contributed by atoms with Crippen LogP contribution in [0.25, 0.3) is 0 Å². The van der Waals surface area contributed by atoms with Crippen molar-refractivity contribution in [3.8, 4) is 0 Å². The predicted octanol–water partition coefficient (Wildman–Crippen LogP) is 4.83. The number of rotatable bonds is 3. The fraction of sp³-hybridized carbons (Fsp3) is 0.810. The van der Waals surface area contributed by atoms with E-state index >= 15 is 0 Å². The zero-order valence-electron chi connectivity index (χ0n) is 17.4. The van der Waals surface area contributed by atoms with Crippen LogP contribution in [0, 0.1) is 11.8 Å². The molecule has 2 heterocycles. The minimum atomic E-state index is -1.99. The number of hydrogen-bond donors (Lipinski definition) is 1. The van der Waals surface area contributed by atoms with Crippen molar-refractivity contribution in [3.05, 3.63) is 23.3 Å². The lowest BCUT2D eigenvalue weighted by atomic mass is 9.74. The first kappa shape index (κ1) is 19.3. The van der Waals surface area contributed by atoms with E-state index in [0.717, 1.165) is 12.0 Å². The van der Waals surface area contributed by atoms with Crippen LogP contribution in [0.1, 0.15) is 54.9 Å². The van der Waals surface area contributed by atoms with E-state index in [4.69, 9.17) is 9.16 Å². The van der Waals surface area contributed by atoms with Crippen LogP contribution >= 0.6 is 0 Å². The lowest BCUT2D eigenvalue weighted by Gasteiger charge is -2.54. The molecule has 1 aliphatic carbocycles. The third-order valence-corrected chi connectivity index (χ3v) is 11.8. The highest BCUT2D eigenvalue weighted by Crippen LogP contribution is 2.58. The number of aliphatic hydroxyl groups excluding tert-OH is 1. The zero-order valence-corrected chi connectivity index (χ0v) is 18.4. The summed E-state index contributed by atoms with van der Waals surface area (Å²) >= 11 is 0. The second kappa shape index (κ2) is 5.54. The van der Waals surface area contributed by atoms with Crippen LogP contribution in [-0.4, -0.2) is 36.8 Å². The van der Waals surface area contributed by atoms with Gasteiger partial charge in [-0.25, -0.2) is 0 Å². The van der Waals surface area contributed by atoms with Crippen molar-refractivity contribution >= 4 is 8.32 Å². The Morgan fingerprint density at radius 2 is 1.88 bits per heavy atom. The van der Waals surface area contributed by atoms with Gasteiger partial charge >= 0.3 is 0 Å². The van der Waals surface area contributed by atoms with E-state index in [1.54, 1.807) is 0 Å². The van der Waals surface area contributed by atoms with Crippen LogP contribution in [-0.2, 0) is 9.16 Å². The van der Waals surface area contributed by atoms with Crippen molar-refractivity contribution in [1.29, 1.82) is 0 Å². The third-order valence-electron chi connectivity index (χ3n) is 7.37. The molecule has 142 valence electrons. The van der Waals surface area contributed by atoms with E-state index in [9.17, 15) is 5.11 Å². The highest BCUT2D eigenvalue weighted by molar-refractivity contribution is 6.74. The Balaban J connectivity index is 2.13. The number of aliphatic hydroxyl groups is 1. The standard InChI is InChI=1S/C21H36O3Si/c1-13(2)21-11-10-20(7,24-21)15-12-16(22)14(3)17(15)18(21)23-25(8,9)19(4,5)6/h10-11,13,15-16,18,22H,12H2,1-9H3/t15-,16+,18-,20-,21-/m1/s1. The highest BCUT2D eigenvalue weighted by atomic mass is 28.4. The SMILES string of the molecule is CC1=C2[C@@H](C[C@@H]1O)[C@@]1(C)C=C[C@](C(C)C)(O1)[C@@H]2O[Si](C)(C)C(C)(C)C. The lowest BCUT2D eigenvalue weighted by Crippen LogP contribution is -2.61. The largest absolute Gasteiger partial charge is 0.407 e. The van der Waals surface area contributed by atoms with Gasteiger partial charge in [0.05, 0.1) is 11.7 Å². The Morgan fingerprint density at radius 3 is 2.40 bits per heavy atom. The Labute approximate surface area is 154 Å². The van der Waals surface area contributed by atoms with Crippen LogP contribution in [0.3, 0.4) is 0 Å². The molecule has 1 N–H and O–H groups in total. The summed E-state index contributed by atoms with van der Waals surface area (Å²) in [6.45, 7) is 20.2. The molecule has 0 saturated carbocycles. The van der Waals surface area contributed by atoms with Crippen LogP contribution < -0.4 is 0 Å². The van der Waals surface area contributed by atoms with Gasteiger partial charge in [-0.1, -0.05) is 46.8 Å². The summed E-state index contributed by atoms with van der Waals surface area (Å²) in [6.07, 6.45) is 4.77. The third kappa shape index (κ3) is 2.63. The first-order chi connectivity index (χ1) is 11.3. The normalized spacial score (nSPS) is 41.0. The maximum atomic E-state index is 10.6. The van der Waals surface area contributed by atoms with Crippen LogP contribution in [0.2, 0.25) is 18.1 Å². The molecule has 25 heavy (non-hydrogen) atoms. The summed E-state index contributed by atoms with van der Waals surface area (Å²) in [6, 6.07) is 0. The second-order valence-corrected chi connectivity index (χ2v) is 15.1. The smallest absolute Gasteiger partial charge is 0.193 e. The Bertz CT molecular complexity index is 628. The average molecular weight is 365 g/mol. The van der Waals surface area contributed by atoms with Gasteiger partial charge < -0.3 is 14.3 Å². The van der Waals surface area contributed by atoms with E-state index in [1.807, 2.05) is 0 Å². The van der Waals surface area contributed by atoms with Gasteiger partial charge in [-0.05, 0) is 55.5 Å². The van der Waals surface area contributed by atoms with Crippen molar-refractivity contribution in [1.82, 2.24) is 0 Å². The Kier molecular flexibility index (Phi) is 4.29. The van der Waals surface area contributed by atoms with Gasteiger partial charge in [0.15, 0.2) is 8.32 Å². The first-order valence-corrected chi connectivity index (χ1v) is 12.6. The molecule has 3 nitrogen and oxygen atoms in total. The van der Waals surface area contributed by atoms with Gasteiger partial charge in [0.2, 0.25) is 0 Å². The Morgan fingerprint density at radius 1 is 1.28 bits per heavy atom. The summed E-state index contributed by atoms with van der Waals surface area (Å²) in [5.74, 6) is 0.516. The van der Waals surface area contributed by atoms with Crippen molar-refractivity contribution in [2.75, 3.05) is 0 Å². The van der Waals surface area contributed by atoms with E-state index < -0.39 is 13.9 Å². The minimum absolute atomic E-state index is 0.0950. The molecular weight excluding hydrogens is 328 g/mol. The molecule has 0 aromatic heterocycles. The average Bonchev–Trinajstić information content (AvgIpc) is 2.94. The number of fused-ring (bicyclic) bond motifs is 4. The van der Waals surface area contributed by atoms with E-state index in [-0.39, 0.29) is 28.8 Å². The molecule has 0 aromatic carbocycles. The molecule has 0 radical (unpaired) electrons. The van der Waals surface area contributed by atoms with Crippen molar-refractivity contribution in [2.24, 2.45) is 11.8 Å². The zero-order chi connectivity index (χ0) is 19.0. The maximum Gasteiger partial charge on any atom is 0.193 e. The molecule has 5 atom stereocenters. The Hall–Kier alpha value is -0.423. The predicted molar refractivity (Wildman–Crippen MR) is 105 cm³/mol. The number of ether oxygens (including phenoxy) is 1. The molecule has 0 amide bonds. The quantitative estimate of drug-likeness (QED) is 0.576. The molecule has 1 fully saturated rings. The van der Waals surface area contributed by atoms with Crippen molar-refractivity contribution < 1.29 is 14.3 Å². The first-order valence-electron chi connectivity index (χ1n) is 9.72. The monoisotopic (exact) mass is 364 g/mol. The second-order valence-electron chi connectivity index (χ2n) is 10.3. The molecule has 3 aliphatic rings. The van der Waals surface area contributed by atoms with Crippen LogP contribution in [0.5, 0.6) is 0 Å². The lowest BCUT2D eigenvalue weighted by molar-refractivity contribution is -0.186. The minimum Gasteiger partial charge on any atom is -0.407 e. The van der Waals surface area contributed by atoms with Gasteiger partial charge in [-0.2, -0.15) is 0 Å². The summed E-state index contributed by atoms with van der Waals surface area (Å²) in [5, 5.41) is 10.7. The van der Waals surface area contributed by atoms with Crippen molar-refractivity contribution in [2.45, 2.75) is 96.4 Å². The van der Waals surface area contributed by atoms with E-state index in [0.29, 0.717) is 5.92 Å². The molecule has 2 bridgehead atoms. The molecule has 0 unspecified atom stereocenters. The summed E-state index contributed by atoms with van der Waals surface area (Å²) in [4.78, 5) is 0. The van der Waals surface area contributed by atoms with Gasteiger partial charge in [0.1, 0.15) is 11.7 Å². The molecular formula is C21H36O3Si. The van der Waals surface area contributed by atoms with Gasteiger partial charge in [-0.3, -0.25) is 0 Å². The highest BCUT2D eigenvalue weighted by Gasteiger charge is 2.63. The molecule has 0 aromatic rings. The molecule has 4 heteroatoms.